The van der Waals surface area contributed by atoms with Crippen LogP contribution in [-0.2, 0) is 52.4 Å². The molecule has 0 radical (unpaired) electrons. The van der Waals surface area contributed by atoms with E-state index in [2.05, 4.69) is 5.32 Å². The van der Waals surface area contributed by atoms with Crippen LogP contribution in [0.25, 0.3) is 0 Å². The summed E-state index contributed by atoms with van der Waals surface area (Å²) >= 11 is 0. The number of ether oxygens (including phenoxy) is 6. The van der Waals surface area contributed by atoms with E-state index < -0.39 is 101 Å². The number of carbonyl (C=O) groups is 5. The van der Waals surface area contributed by atoms with Gasteiger partial charge < -0.3 is 28.4 Å². The third kappa shape index (κ3) is 13.3. The van der Waals surface area contributed by atoms with E-state index in [1.807, 2.05) is 0 Å². The Kier molecular flexibility index (Phi) is 15.2. The first kappa shape index (κ1) is 44.3. The summed E-state index contributed by atoms with van der Waals surface area (Å²) in [5.41, 5.74) is -3.57. The molecule has 1 aliphatic rings. The largest absolute Gasteiger partial charge is 0.463 e. The fourth-order valence-corrected chi connectivity index (χ4v) is 4.58. The van der Waals surface area contributed by atoms with Crippen molar-refractivity contribution in [3.05, 3.63) is 47.8 Å². The van der Waals surface area contributed by atoms with Crippen LogP contribution in [0.2, 0.25) is 0 Å². The van der Waals surface area contributed by atoms with Crippen LogP contribution in [0.3, 0.4) is 0 Å². The normalized spacial score (nSPS) is 21.9. The van der Waals surface area contributed by atoms with Crippen LogP contribution in [0.4, 0.5) is 4.39 Å². The molecule has 52 heavy (non-hydrogen) atoms. The predicted octanol–water partition coefficient (Wildman–Crippen LogP) is 6.15. The second kappa shape index (κ2) is 17.8. The van der Waals surface area contributed by atoms with Gasteiger partial charge in [0.2, 0.25) is 0 Å². The molecule has 1 saturated heterocycles. The highest BCUT2D eigenvalue weighted by molar-refractivity contribution is 5.82. The van der Waals surface area contributed by atoms with E-state index in [1.165, 1.54) is 30.4 Å². The monoisotopic (exact) mass is 735 g/mol. The number of hydrogen-bond acceptors (Lipinski definition) is 12. The van der Waals surface area contributed by atoms with E-state index in [-0.39, 0.29) is 13.0 Å². The summed E-state index contributed by atoms with van der Waals surface area (Å²) in [7, 11) is 0. The SMILES string of the molecule is CCOC(=O)/C=C/C[C@H](N[C@@H]1O[C@H](COC(=O)C(C)(C)C)[C@H](OC(=O)C(C)(C)C)[C@H](OC(=O)C(C)(C)C)[C@H]1OC(=O)C(C)(C)C)c1cccc(F)c1. The Bertz CT molecular complexity index is 1450. The number of carbonyl (C=O) groups excluding carboxylic acids is 5. The first-order valence-electron chi connectivity index (χ1n) is 17.6. The van der Waals surface area contributed by atoms with Gasteiger partial charge in [-0.15, -0.1) is 0 Å². The molecule has 0 amide bonds. The van der Waals surface area contributed by atoms with Crippen molar-refractivity contribution in [3.8, 4) is 0 Å². The highest BCUT2D eigenvalue weighted by atomic mass is 19.1. The average Bonchev–Trinajstić information content (AvgIpc) is 3.00. The van der Waals surface area contributed by atoms with E-state index in [9.17, 15) is 28.4 Å². The molecule has 0 bridgehead atoms. The molecule has 1 N–H and O–H groups in total. The summed E-state index contributed by atoms with van der Waals surface area (Å²) in [6.07, 6.45) is -4.04. The highest BCUT2D eigenvalue weighted by Gasteiger charge is 2.55. The second-order valence-electron chi connectivity index (χ2n) is 17.0. The van der Waals surface area contributed by atoms with Gasteiger partial charge in [0.15, 0.2) is 24.5 Å². The van der Waals surface area contributed by atoms with Gasteiger partial charge in [-0.05, 0) is 114 Å². The highest BCUT2D eigenvalue weighted by Crippen LogP contribution is 2.35. The van der Waals surface area contributed by atoms with E-state index in [0.29, 0.717) is 5.56 Å². The number of benzene rings is 1. The average molecular weight is 736 g/mol. The lowest BCUT2D eigenvalue weighted by Crippen LogP contribution is -2.66. The molecule has 0 aromatic heterocycles. The molecule has 1 aromatic carbocycles. The van der Waals surface area contributed by atoms with Gasteiger partial charge in [0.05, 0.1) is 28.3 Å². The Morgan fingerprint density at radius 2 is 1.25 bits per heavy atom. The molecule has 0 aliphatic carbocycles. The number of nitrogens with one attached hydrogen (secondary N) is 1. The topological polar surface area (TPSA) is 153 Å². The molecular formula is C39H58FNO11. The van der Waals surface area contributed by atoms with Crippen molar-refractivity contribution in [2.24, 2.45) is 21.7 Å². The number of hydrogen-bond donors (Lipinski definition) is 1. The molecule has 292 valence electrons. The summed E-state index contributed by atoms with van der Waals surface area (Å²) in [6.45, 7) is 21.1. The van der Waals surface area contributed by atoms with E-state index in [0.717, 1.165) is 0 Å². The second-order valence-corrected chi connectivity index (χ2v) is 17.0. The quantitative estimate of drug-likeness (QED) is 0.149. The number of rotatable bonds is 12. The van der Waals surface area contributed by atoms with E-state index in [4.69, 9.17) is 28.4 Å². The summed E-state index contributed by atoms with van der Waals surface area (Å²) in [4.78, 5) is 65.7. The number of halogens is 1. The molecule has 0 unspecified atom stereocenters. The fraction of sp³-hybridized carbons (Fsp3) is 0.667. The van der Waals surface area contributed by atoms with Gasteiger partial charge in [0.1, 0.15) is 18.5 Å². The van der Waals surface area contributed by atoms with Crippen molar-refractivity contribution in [3.63, 3.8) is 0 Å². The van der Waals surface area contributed by atoms with Crippen LogP contribution in [0, 0.1) is 27.5 Å². The summed E-state index contributed by atoms with van der Waals surface area (Å²) in [5.74, 6) is -3.75. The summed E-state index contributed by atoms with van der Waals surface area (Å²) in [5, 5.41) is 3.26. The maximum Gasteiger partial charge on any atom is 0.330 e. The standard InChI is InChI=1S/C39H58FNO11/c1-14-47-27(42)20-16-19-25(23-17-15-18-24(40)21-23)41-31-30(52-35(46)39(11,12)13)29(51-34(45)38(8,9)10)28(50-33(44)37(5,6)7)26(49-31)22-48-32(43)36(2,3)4/h15-18,20-21,25-26,28-31,41H,14,19,22H2,1-13H3/b20-16+/t25-,26+,28-,29-,30+,31+/m0/s1. The molecule has 6 atom stereocenters. The first-order chi connectivity index (χ1) is 23.7. The van der Waals surface area contributed by atoms with Gasteiger partial charge in [0, 0.05) is 12.1 Å². The first-order valence-corrected chi connectivity index (χ1v) is 17.6. The van der Waals surface area contributed by atoms with E-state index >= 15 is 0 Å². The third-order valence-corrected chi connectivity index (χ3v) is 7.72. The lowest BCUT2D eigenvalue weighted by Gasteiger charge is -2.47. The van der Waals surface area contributed by atoms with Crippen LogP contribution in [0.5, 0.6) is 0 Å². The van der Waals surface area contributed by atoms with E-state index in [1.54, 1.807) is 96.1 Å². The van der Waals surface area contributed by atoms with Crippen molar-refractivity contribution >= 4 is 29.8 Å². The summed E-state index contributed by atoms with van der Waals surface area (Å²) in [6, 6.07) is 4.95. The van der Waals surface area contributed by atoms with Gasteiger partial charge in [-0.1, -0.05) is 18.2 Å². The predicted molar refractivity (Wildman–Crippen MR) is 190 cm³/mol. The van der Waals surface area contributed by atoms with Gasteiger partial charge in [-0.2, -0.15) is 0 Å². The van der Waals surface area contributed by atoms with Crippen molar-refractivity contribution in [1.82, 2.24) is 5.32 Å². The van der Waals surface area contributed by atoms with Crippen molar-refractivity contribution in [2.45, 2.75) is 133 Å². The van der Waals surface area contributed by atoms with Gasteiger partial charge in [-0.3, -0.25) is 24.5 Å². The van der Waals surface area contributed by atoms with Crippen LogP contribution in [0.1, 0.15) is 108 Å². The van der Waals surface area contributed by atoms with Gasteiger partial charge >= 0.3 is 29.8 Å². The van der Waals surface area contributed by atoms with Crippen molar-refractivity contribution in [1.29, 1.82) is 0 Å². The molecule has 2 rings (SSSR count). The van der Waals surface area contributed by atoms with Crippen LogP contribution < -0.4 is 5.32 Å². The number of esters is 5. The zero-order valence-corrected chi connectivity index (χ0v) is 32.9. The van der Waals surface area contributed by atoms with Crippen LogP contribution in [-0.4, -0.2) is 73.7 Å². The van der Waals surface area contributed by atoms with Gasteiger partial charge in [0.25, 0.3) is 0 Å². The van der Waals surface area contributed by atoms with Crippen LogP contribution in [0.15, 0.2) is 36.4 Å². The molecular weight excluding hydrogens is 677 g/mol. The molecule has 0 saturated carbocycles. The molecule has 1 heterocycles. The minimum absolute atomic E-state index is 0.0978. The Morgan fingerprint density at radius 1 is 0.750 bits per heavy atom. The van der Waals surface area contributed by atoms with Crippen molar-refractivity contribution < 1.29 is 56.8 Å². The van der Waals surface area contributed by atoms with Gasteiger partial charge in [-0.25, -0.2) is 9.18 Å². The fourth-order valence-electron chi connectivity index (χ4n) is 4.58. The van der Waals surface area contributed by atoms with Crippen LogP contribution >= 0.6 is 0 Å². The Hall–Kier alpha value is -3.84. The lowest BCUT2D eigenvalue weighted by atomic mass is 9.92. The maximum absolute atomic E-state index is 14.6. The Balaban J connectivity index is 2.82. The smallest absolute Gasteiger partial charge is 0.330 e. The summed E-state index contributed by atoms with van der Waals surface area (Å²) < 4.78 is 49.9. The molecule has 13 heteroatoms. The lowest BCUT2D eigenvalue weighted by molar-refractivity contribution is -0.266. The molecule has 1 fully saturated rings. The maximum atomic E-state index is 14.6. The Labute approximate surface area is 307 Å². The van der Waals surface area contributed by atoms with Crippen molar-refractivity contribution in [2.75, 3.05) is 13.2 Å². The molecule has 1 aromatic rings. The Morgan fingerprint density at radius 3 is 1.73 bits per heavy atom. The zero-order chi connectivity index (χ0) is 39.8. The molecule has 1 aliphatic heterocycles. The molecule has 12 nitrogen and oxygen atoms in total. The minimum Gasteiger partial charge on any atom is -0.463 e. The molecule has 0 spiro atoms. The third-order valence-electron chi connectivity index (χ3n) is 7.72. The minimum atomic E-state index is -1.47. The zero-order valence-electron chi connectivity index (χ0n) is 32.9.